The van der Waals surface area contributed by atoms with Crippen molar-refractivity contribution >= 4 is 17.6 Å². The van der Waals surface area contributed by atoms with Gasteiger partial charge in [-0.25, -0.2) is 4.79 Å². The summed E-state index contributed by atoms with van der Waals surface area (Å²) >= 11 is 0. The highest BCUT2D eigenvalue weighted by Gasteiger charge is 2.54. The maximum absolute atomic E-state index is 13.1. The molecule has 0 atom stereocenters. The lowest BCUT2D eigenvalue weighted by Gasteiger charge is -2.61. The van der Waals surface area contributed by atoms with Gasteiger partial charge in [0.25, 0.3) is 0 Å². The van der Waals surface area contributed by atoms with Crippen LogP contribution in [0.4, 0.5) is 19.3 Å². The third-order valence-corrected chi connectivity index (χ3v) is 6.04. The van der Waals surface area contributed by atoms with E-state index >= 15 is 0 Å². The van der Waals surface area contributed by atoms with Gasteiger partial charge in [-0.15, -0.1) is 0 Å². The zero-order chi connectivity index (χ0) is 22.0. The standard InChI is InChI=1S/C22H28F2N4O3/c1-3-16-6-7-17-18(11-16)30-10-8-28(17)21(29)27-14-22(15-27)12-26(13-22)19(25-2)5-4-9-31-20(23)24/h4-7,11,20H,3,8-10,12-15H2,1-2H3/b5-4-,25-19?. The van der Waals surface area contributed by atoms with E-state index in [1.165, 1.54) is 11.6 Å². The predicted octanol–water partition coefficient (Wildman–Crippen LogP) is 3.01. The van der Waals surface area contributed by atoms with E-state index in [0.717, 1.165) is 36.8 Å². The van der Waals surface area contributed by atoms with Crippen LogP contribution in [-0.4, -0.2) is 81.3 Å². The molecule has 0 aliphatic carbocycles. The Kier molecular flexibility index (Phi) is 6.13. The molecule has 2 amide bonds. The van der Waals surface area contributed by atoms with Crippen molar-refractivity contribution in [1.82, 2.24) is 9.80 Å². The SMILES string of the molecule is CCc1ccc2c(c1)OCCN2C(=O)N1CC2(C1)CN(C(/C=C\COC(F)F)=NC)C2. The van der Waals surface area contributed by atoms with E-state index in [1.54, 1.807) is 13.1 Å². The molecule has 0 bridgehead atoms. The maximum atomic E-state index is 13.1. The lowest BCUT2D eigenvalue weighted by Crippen LogP contribution is -2.74. The minimum Gasteiger partial charge on any atom is -0.490 e. The Hall–Kier alpha value is -2.68. The summed E-state index contributed by atoms with van der Waals surface area (Å²) in [6.45, 7) is 3.21. The summed E-state index contributed by atoms with van der Waals surface area (Å²) in [6, 6.07) is 6.05. The van der Waals surface area contributed by atoms with Crippen LogP contribution < -0.4 is 9.64 Å². The maximum Gasteiger partial charge on any atom is 0.345 e. The van der Waals surface area contributed by atoms with Crippen molar-refractivity contribution in [1.29, 1.82) is 0 Å². The fourth-order valence-electron chi connectivity index (χ4n) is 4.48. The average molecular weight is 434 g/mol. The van der Waals surface area contributed by atoms with Gasteiger partial charge in [-0.3, -0.25) is 9.89 Å². The summed E-state index contributed by atoms with van der Waals surface area (Å²) in [5.41, 5.74) is 2.11. The zero-order valence-electron chi connectivity index (χ0n) is 17.9. The minimum absolute atomic E-state index is 0.0197. The summed E-state index contributed by atoms with van der Waals surface area (Å²) in [5, 5.41) is 0. The van der Waals surface area contributed by atoms with Crippen molar-refractivity contribution < 1.29 is 23.0 Å². The van der Waals surface area contributed by atoms with Gasteiger partial charge in [0.1, 0.15) is 18.2 Å². The molecule has 4 rings (SSSR count). The summed E-state index contributed by atoms with van der Waals surface area (Å²) in [6.07, 6.45) is 4.16. The second-order valence-corrected chi connectivity index (χ2v) is 8.23. The summed E-state index contributed by atoms with van der Waals surface area (Å²) < 4.78 is 34.1. The number of likely N-dealkylation sites (tertiary alicyclic amines) is 2. The van der Waals surface area contributed by atoms with Crippen LogP contribution in [0.5, 0.6) is 5.75 Å². The van der Waals surface area contributed by atoms with E-state index in [2.05, 4.69) is 21.6 Å². The number of urea groups is 1. The fraction of sp³-hybridized carbons (Fsp3) is 0.545. The number of aryl methyl sites for hydroxylation is 1. The number of aliphatic imine (C=N–C) groups is 1. The van der Waals surface area contributed by atoms with Crippen LogP contribution in [0.15, 0.2) is 35.3 Å². The van der Waals surface area contributed by atoms with Gasteiger partial charge < -0.3 is 19.3 Å². The molecule has 3 aliphatic rings. The quantitative estimate of drug-likeness (QED) is 0.528. The molecule has 0 radical (unpaired) electrons. The van der Waals surface area contributed by atoms with E-state index in [-0.39, 0.29) is 18.1 Å². The van der Waals surface area contributed by atoms with E-state index in [0.29, 0.717) is 26.2 Å². The molecule has 168 valence electrons. The monoisotopic (exact) mass is 434 g/mol. The number of benzene rings is 1. The van der Waals surface area contributed by atoms with Gasteiger partial charge in [-0.1, -0.05) is 19.1 Å². The van der Waals surface area contributed by atoms with E-state index in [4.69, 9.17) is 4.74 Å². The highest BCUT2D eigenvalue weighted by Crippen LogP contribution is 2.41. The summed E-state index contributed by atoms with van der Waals surface area (Å²) in [4.78, 5) is 23.1. The Balaban J connectivity index is 1.30. The van der Waals surface area contributed by atoms with Crippen LogP contribution in [0.1, 0.15) is 12.5 Å². The molecule has 2 saturated heterocycles. The molecule has 3 heterocycles. The molecule has 0 saturated carbocycles. The van der Waals surface area contributed by atoms with Crippen molar-refractivity contribution in [2.24, 2.45) is 10.4 Å². The molecule has 1 aromatic carbocycles. The van der Waals surface area contributed by atoms with Crippen LogP contribution in [0.2, 0.25) is 0 Å². The first-order valence-electron chi connectivity index (χ1n) is 10.5. The van der Waals surface area contributed by atoms with Crippen molar-refractivity contribution in [3.8, 4) is 5.75 Å². The molecule has 2 fully saturated rings. The Bertz CT molecular complexity index is 876. The zero-order valence-corrected chi connectivity index (χ0v) is 17.9. The van der Waals surface area contributed by atoms with Crippen LogP contribution >= 0.6 is 0 Å². The molecule has 0 unspecified atom stereocenters. The number of amidine groups is 1. The van der Waals surface area contributed by atoms with Gasteiger partial charge in [0.2, 0.25) is 0 Å². The lowest BCUT2D eigenvalue weighted by atomic mass is 9.73. The van der Waals surface area contributed by atoms with Crippen LogP contribution in [0, 0.1) is 5.41 Å². The highest BCUT2D eigenvalue weighted by atomic mass is 19.3. The van der Waals surface area contributed by atoms with Gasteiger partial charge in [0.15, 0.2) is 0 Å². The highest BCUT2D eigenvalue weighted by molar-refractivity contribution is 5.95. The van der Waals surface area contributed by atoms with E-state index < -0.39 is 6.61 Å². The number of hydrogen-bond donors (Lipinski definition) is 0. The number of nitrogens with zero attached hydrogens (tertiary/aromatic N) is 4. The lowest BCUT2D eigenvalue weighted by molar-refractivity contribution is -0.119. The molecule has 1 aromatic rings. The van der Waals surface area contributed by atoms with Gasteiger partial charge in [-0.05, 0) is 30.2 Å². The Morgan fingerprint density at radius 2 is 2.03 bits per heavy atom. The van der Waals surface area contributed by atoms with Gasteiger partial charge >= 0.3 is 12.6 Å². The molecule has 9 heteroatoms. The number of alkyl halides is 2. The summed E-state index contributed by atoms with van der Waals surface area (Å²) in [7, 11) is 1.68. The molecule has 7 nitrogen and oxygen atoms in total. The van der Waals surface area contributed by atoms with E-state index in [9.17, 15) is 13.6 Å². The van der Waals surface area contributed by atoms with Crippen LogP contribution in [-0.2, 0) is 11.2 Å². The van der Waals surface area contributed by atoms with Gasteiger partial charge in [0, 0.05) is 38.6 Å². The van der Waals surface area contributed by atoms with Crippen molar-refractivity contribution in [3.05, 3.63) is 35.9 Å². The first kappa shape index (κ1) is 21.5. The molecule has 1 spiro atoms. The van der Waals surface area contributed by atoms with Crippen molar-refractivity contribution in [3.63, 3.8) is 0 Å². The van der Waals surface area contributed by atoms with Gasteiger partial charge in [0.05, 0.1) is 18.8 Å². The second kappa shape index (κ2) is 8.82. The van der Waals surface area contributed by atoms with Crippen molar-refractivity contribution in [2.45, 2.75) is 20.0 Å². The number of fused-ring (bicyclic) bond motifs is 1. The third-order valence-electron chi connectivity index (χ3n) is 6.04. The predicted molar refractivity (Wildman–Crippen MR) is 114 cm³/mol. The van der Waals surface area contributed by atoms with Crippen molar-refractivity contribution in [2.75, 3.05) is 57.9 Å². The van der Waals surface area contributed by atoms with Crippen LogP contribution in [0.3, 0.4) is 0 Å². The number of carbonyl (C=O) groups excluding carboxylic acids is 1. The first-order valence-corrected chi connectivity index (χ1v) is 10.5. The number of halogens is 2. The number of anilines is 1. The molecular weight excluding hydrogens is 406 g/mol. The van der Waals surface area contributed by atoms with Crippen LogP contribution in [0.25, 0.3) is 0 Å². The minimum atomic E-state index is -2.77. The second-order valence-electron chi connectivity index (χ2n) is 8.23. The summed E-state index contributed by atoms with van der Waals surface area (Å²) in [5.74, 6) is 1.51. The average Bonchev–Trinajstić information content (AvgIpc) is 2.71. The number of amides is 2. The fourth-order valence-corrected chi connectivity index (χ4v) is 4.48. The molecule has 31 heavy (non-hydrogen) atoms. The Morgan fingerprint density at radius 1 is 1.29 bits per heavy atom. The van der Waals surface area contributed by atoms with E-state index in [1.807, 2.05) is 28.0 Å². The largest absolute Gasteiger partial charge is 0.490 e. The number of hydrogen-bond acceptors (Lipinski definition) is 4. The topological polar surface area (TPSA) is 57.6 Å². The molecule has 0 N–H and O–H groups in total. The molecule has 0 aromatic heterocycles. The number of ether oxygens (including phenoxy) is 2. The molecular formula is C22H28F2N4O3. The molecule has 3 aliphatic heterocycles. The Labute approximate surface area is 180 Å². The third kappa shape index (κ3) is 4.37. The normalized spacial score (nSPS) is 20.0. The first-order chi connectivity index (χ1) is 14.9. The Morgan fingerprint density at radius 3 is 2.71 bits per heavy atom. The van der Waals surface area contributed by atoms with Gasteiger partial charge in [-0.2, -0.15) is 8.78 Å². The number of rotatable bonds is 5. The number of carbonyl (C=O) groups is 1. The smallest absolute Gasteiger partial charge is 0.345 e.